The summed E-state index contributed by atoms with van der Waals surface area (Å²) in [4.78, 5) is 12.2. The van der Waals surface area contributed by atoms with Crippen LogP contribution in [0.5, 0.6) is 0 Å². The molecule has 0 amide bonds. The fraction of sp³-hybridized carbons (Fsp3) is 0.520. The maximum absolute atomic E-state index is 13.4. The normalized spacial score (nSPS) is 19.7. The van der Waals surface area contributed by atoms with E-state index in [4.69, 9.17) is 9.52 Å². The number of sulfonamides is 1. The fourth-order valence-corrected chi connectivity index (χ4v) is 6.01. The minimum absolute atomic E-state index is 0.123. The maximum Gasteiger partial charge on any atom is 0.282 e. The van der Waals surface area contributed by atoms with Crippen LogP contribution >= 0.6 is 0 Å². The van der Waals surface area contributed by atoms with Crippen LogP contribution in [0.2, 0.25) is 0 Å². The van der Waals surface area contributed by atoms with E-state index in [9.17, 15) is 17.2 Å². The molecule has 3 fully saturated rings. The lowest BCUT2D eigenvalue weighted by Crippen LogP contribution is -2.57. The van der Waals surface area contributed by atoms with Crippen LogP contribution in [0.3, 0.4) is 0 Å². The van der Waals surface area contributed by atoms with Gasteiger partial charge in [0.15, 0.2) is 0 Å². The first-order valence-electron chi connectivity index (χ1n) is 12.9. The highest BCUT2D eigenvalue weighted by Gasteiger charge is 2.46. The van der Waals surface area contributed by atoms with Crippen LogP contribution in [-0.2, 0) is 10.0 Å². The third kappa shape index (κ3) is 5.39. The average Bonchev–Trinajstić information content (AvgIpc) is 3.42. The first-order valence-corrected chi connectivity index (χ1v) is 14.5. The van der Waals surface area contributed by atoms with Gasteiger partial charge < -0.3 is 19.3 Å². The molecular formula is C25H29F2N7O4S. The number of aromatic nitrogens is 4. The van der Waals surface area contributed by atoms with Crippen LogP contribution in [0.25, 0.3) is 23.0 Å². The van der Waals surface area contributed by atoms with Crippen molar-refractivity contribution in [1.82, 2.24) is 20.2 Å². The van der Waals surface area contributed by atoms with E-state index in [1.54, 1.807) is 31.2 Å². The van der Waals surface area contributed by atoms with Crippen molar-refractivity contribution in [1.29, 1.82) is 0 Å². The second kappa shape index (κ2) is 9.37. The zero-order valence-electron chi connectivity index (χ0n) is 21.4. The molecule has 0 atom stereocenters. The van der Waals surface area contributed by atoms with Crippen LogP contribution in [-0.4, -0.2) is 78.2 Å². The highest BCUT2D eigenvalue weighted by atomic mass is 32.2. The Balaban J connectivity index is 1.32. The van der Waals surface area contributed by atoms with E-state index >= 15 is 0 Å². The molecule has 0 bridgehead atoms. The molecular weight excluding hydrogens is 532 g/mol. The van der Waals surface area contributed by atoms with Gasteiger partial charge in [0, 0.05) is 18.8 Å². The molecule has 2 aliphatic heterocycles. The van der Waals surface area contributed by atoms with Gasteiger partial charge in [-0.2, -0.15) is 0 Å². The number of aliphatic hydroxyl groups is 1. The number of hydrogen-bond donors (Lipinski definition) is 2. The Morgan fingerprint density at radius 2 is 1.74 bits per heavy atom. The summed E-state index contributed by atoms with van der Waals surface area (Å²) in [6.45, 7) is 2.00. The molecule has 1 aromatic carbocycles. The predicted octanol–water partition coefficient (Wildman–Crippen LogP) is 3.07. The molecule has 1 spiro atoms. The Morgan fingerprint density at radius 1 is 1.03 bits per heavy atom. The third-order valence-corrected chi connectivity index (χ3v) is 8.86. The van der Waals surface area contributed by atoms with Crippen molar-refractivity contribution in [2.45, 2.75) is 38.5 Å². The lowest BCUT2D eigenvalue weighted by atomic mass is 9.93. The molecule has 2 saturated heterocycles. The molecule has 2 N–H and O–H groups in total. The van der Waals surface area contributed by atoms with Crippen LogP contribution in [0, 0.1) is 12.3 Å². The van der Waals surface area contributed by atoms with Gasteiger partial charge in [0.05, 0.1) is 42.4 Å². The molecule has 14 heteroatoms. The summed E-state index contributed by atoms with van der Waals surface area (Å²) in [5.74, 6) is -2.63. The fourth-order valence-electron chi connectivity index (χ4n) is 5.18. The van der Waals surface area contributed by atoms with Gasteiger partial charge in [-0.15, -0.1) is 10.2 Å². The number of halogens is 2. The quantitative estimate of drug-likeness (QED) is 0.422. The van der Waals surface area contributed by atoms with Crippen LogP contribution < -0.4 is 14.5 Å². The number of nitrogens with one attached hydrogen (secondary N) is 1. The molecule has 3 aromatic rings. The van der Waals surface area contributed by atoms with E-state index in [2.05, 4.69) is 29.8 Å². The van der Waals surface area contributed by atoms with Gasteiger partial charge in [0.1, 0.15) is 5.69 Å². The van der Waals surface area contributed by atoms with E-state index in [1.165, 1.54) is 17.7 Å². The minimum atomic E-state index is -3.71. The molecule has 2 aromatic heterocycles. The molecule has 1 aliphatic carbocycles. The van der Waals surface area contributed by atoms with Gasteiger partial charge in [-0.05, 0) is 62.3 Å². The molecule has 1 saturated carbocycles. The summed E-state index contributed by atoms with van der Waals surface area (Å²) >= 11 is 0. The largest absolute Gasteiger partial charge is 0.415 e. The van der Waals surface area contributed by atoms with Gasteiger partial charge in [-0.3, -0.25) is 4.72 Å². The Kier molecular flexibility index (Phi) is 6.21. The zero-order valence-corrected chi connectivity index (χ0v) is 22.2. The monoisotopic (exact) mass is 561 g/mol. The Labute approximate surface area is 224 Å². The van der Waals surface area contributed by atoms with Crippen molar-refractivity contribution < 1.29 is 26.7 Å². The smallest absolute Gasteiger partial charge is 0.282 e. The maximum atomic E-state index is 13.4. The highest BCUT2D eigenvalue weighted by Crippen LogP contribution is 2.54. The number of aryl methyl sites for hydroxylation is 1. The topological polar surface area (TPSA) is 138 Å². The Morgan fingerprint density at radius 3 is 2.41 bits per heavy atom. The molecule has 0 unspecified atom stereocenters. The van der Waals surface area contributed by atoms with Gasteiger partial charge in [-0.25, -0.2) is 27.2 Å². The Bertz CT molecular complexity index is 1490. The van der Waals surface area contributed by atoms with Crippen molar-refractivity contribution in [2.24, 2.45) is 5.41 Å². The van der Waals surface area contributed by atoms with Crippen molar-refractivity contribution in [2.75, 3.05) is 53.1 Å². The van der Waals surface area contributed by atoms with Gasteiger partial charge in [0.25, 0.3) is 11.8 Å². The molecule has 11 nitrogen and oxygen atoms in total. The number of anilines is 3. The minimum Gasteiger partial charge on any atom is -0.415 e. The number of rotatable bonds is 8. The first kappa shape index (κ1) is 25.9. The number of alkyl halides is 2. The molecule has 0 radical (unpaired) electrons. The molecule has 39 heavy (non-hydrogen) atoms. The number of benzene rings is 1. The van der Waals surface area contributed by atoms with E-state index in [0.717, 1.165) is 31.6 Å². The standard InChI is InChI=1S/C25H29F2N7O4S/c1-16-12-19(29-23(28-16)34-14-25(26,27)15-34)22-31-30-21(38-22)18-3-2-17(32-39(36,37)11-10-35)13-20(18)33-8-6-24(4-5-24)7-9-33/h2-3,12-13,32,35H,4-11,14-15H2,1H3. The summed E-state index contributed by atoms with van der Waals surface area (Å²) in [5, 5.41) is 17.5. The Hall–Kier alpha value is -3.39. The van der Waals surface area contributed by atoms with Crippen LogP contribution in [0.1, 0.15) is 31.4 Å². The van der Waals surface area contributed by atoms with Gasteiger partial charge in [-0.1, -0.05) is 0 Å². The van der Waals surface area contributed by atoms with Crippen molar-refractivity contribution in [3.8, 4) is 23.0 Å². The van der Waals surface area contributed by atoms with Gasteiger partial charge >= 0.3 is 0 Å². The van der Waals surface area contributed by atoms with Crippen molar-refractivity contribution >= 4 is 27.3 Å². The lowest BCUT2D eigenvalue weighted by Gasteiger charge is -2.38. The van der Waals surface area contributed by atoms with E-state index in [-0.39, 0.29) is 17.7 Å². The summed E-state index contributed by atoms with van der Waals surface area (Å²) in [7, 11) is -3.71. The van der Waals surface area contributed by atoms with Gasteiger partial charge in [0.2, 0.25) is 21.9 Å². The van der Waals surface area contributed by atoms with E-state index in [0.29, 0.717) is 28.1 Å². The number of nitrogens with zero attached hydrogens (tertiary/aromatic N) is 6. The lowest BCUT2D eigenvalue weighted by molar-refractivity contribution is -0.0271. The molecule has 6 rings (SSSR count). The van der Waals surface area contributed by atoms with Crippen molar-refractivity contribution in [3.63, 3.8) is 0 Å². The highest BCUT2D eigenvalue weighted by molar-refractivity contribution is 7.92. The zero-order chi connectivity index (χ0) is 27.4. The van der Waals surface area contributed by atoms with E-state index in [1.807, 2.05) is 0 Å². The number of aliphatic hydroxyl groups excluding tert-OH is 1. The van der Waals surface area contributed by atoms with E-state index < -0.39 is 41.4 Å². The summed E-state index contributed by atoms with van der Waals surface area (Å²) in [5.41, 5.74) is 3.11. The third-order valence-electron chi connectivity index (χ3n) is 7.60. The average molecular weight is 562 g/mol. The predicted molar refractivity (Wildman–Crippen MR) is 140 cm³/mol. The molecule has 3 aliphatic rings. The molecule has 4 heterocycles. The van der Waals surface area contributed by atoms with Crippen LogP contribution in [0.4, 0.5) is 26.1 Å². The first-order chi connectivity index (χ1) is 18.5. The number of piperidine rings is 1. The van der Waals surface area contributed by atoms with Crippen LogP contribution in [0.15, 0.2) is 28.7 Å². The second-order valence-electron chi connectivity index (χ2n) is 10.7. The second-order valence-corrected chi connectivity index (χ2v) is 12.5. The SMILES string of the molecule is Cc1cc(-c2nnc(-c3ccc(NS(=O)(=O)CCO)cc3N3CCC4(CC3)CC4)o2)nc(N2CC(F)(F)C2)n1. The molecule has 208 valence electrons. The summed E-state index contributed by atoms with van der Waals surface area (Å²) in [6.07, 6.45) is 4.61. The summed E-state index contributed by atoms with van der Waals surface area (Å²) in [6, 6.07) is 6.74. The number of hydrogen-bond acceptors (Lipinski definition) is 10. The summed E-state index contributed by atoms with van der Waals surface area (Å²) < 4.78 is 59.9. The van der Waals surface area contributed by atoms with Crippen molar-refractivity contribution in [3.05, 3.63) is 30.0 Å².